The number of halogens is 1. The van der Waals surface area contributed by atoms with Crippen molar-refractivity contribution in [2.45, 2.75) is 13.0 Å². The molecule has 0 aliphatic carbocycles. The first-order valence-electron chi connectivity index (χ1n) is 6.31. The summed E-state index contributed by atoms with van der Waals surface area (Å²) in [6.45, 7) is 2.03. The smallest absolute Gasteiger partial charge is 0.337 e. The van der Waals surface area contributed by atoms with Gasteiger partial charge in [-0.2, -0.15) is 0 Å². The Bertz CT molecular complexity index is 649. The Balaban J connectivity index is 2.34. The second-order valence-corrected chi connectivity index (χ2v) is 4.92. The maximum atomic E-state index is 11.8. The molecule has 0 aliphatic heterocycles. The molecule has 1 atom stereocenters. The van der Waals surface area contributed by atoms with Crippen LogP contribution in [0.4, 0.5) is 0 Å². The molecule has 2 rings (SSSR count). The van der Waals surface area contributed by atoms with Gasteiger partial charge >= 0.3 is 5.97 Å². The van der Waals surface area contributed by atoms with Crippen LogP contribution in [0, 0.1) is 0 Å². The zero-order valence-electron chi connectivity index (χ0n) is 11.0. The van der Waals surface area contributed by atoms with E-state index in [1.807, 2.05) is 65.1 Å². The van der Waals surface area contributed by atoms with Crippen molar-refractivity contribution in [3.05, 3.63) is 57.7 Å². The van der Waals surface area contributed by atoms with Crippen LogP contribution in [0.15, 0.2) is 52.1 Å². The second-order valence-electron chi connectivity index (χ2n) is 4.29. The lowest BCUT2D eigenvalue weighted by Crippen LogP contribution is -2.14. The molecule has 0 aliphatic rings. The summed E-state index contributed by atoms with van der Waals surface area (Å²) in [7, 11) is 0. The molecule has 0 aromatic heterocycles. The van der Waals surface area contributed by atoms with E-state index >= 15 is 0 Å². The summed E-state index contributed by atoms with van der Waals surface area (Å²) in [5, 5.41) is 12.5. The number of fused-ring (bicyclic) bond motifs is 1. The normalized spacial score (nSPS) is 13.2. The Hall–Kier alpha value is -1.40. The predicted molar refractivity (Wildman–Crippen MR) is 87.6 cm³/mol. The van der Waals surface area contributed by atoms with Crippen molar-refractivity contribution < 1.29 is 14.6 Å². The van der Waals surface area contributed by atoms with Crippen molar-refractivity contribution in [3.63, 3.8) is 0 Å². The van der Waals surface area contributed by atoms with Gasteiger partial charge < -0.3 is 9.84 Å². The van der Waals surface area contributed by atoms with E-state index in [-0.39, 0.29) is 12.2 Å². The molecule has 2 aromatic rings. The SMILES string of the molecule is CCOC(=O)/C(=C\I)[C@H](O)c1ccc2ccccc2c1. The van der Waals surface area contributed by atoms with E-state index < -0.39 is 12.1 Å². The van der Waals surface area contributed by atoms with Gasteiger partial charge in [-0.3, -0.25) is 0 Å². The maximum Gasteiger partial charge on any atom is 0.337 e. The monoisotopic (exact) mass is 382 g/mol. The number of aliphatic hydroxyl groups excluding tert-OH is 1. The highest BCUT2D eigenvalue weighted by Gasteiger charge is 2.21. The van der Waals surface area contributed by atoms with Crippen LogP contribution < -0.4 is 0 Å². The van der Waals surface area contributed by atoms with Crippen LogP contribution in [0.1, 0.15) is 18.6 Å². The Labute approximate surface area is 131 Å². The third kappa shape index (κ3) is 3.19. The maximum absolute atomic E-state index is 11.8. The second kappa shape index (κ2) is 6.85. The summed E-state index contributed by atoms with van der Waals surface area (Å²) in [5.74, 6) is -0.484. The van der Waals surface area contributed by atoms with Crippen LogP contribution in [0.25, 0.3) is 10.8 Å². The van der Waals surface area contributed by atoms with Crippen LogP contribution in [0.5, 0.6) is 0 Å². The fraction of sp³-hybridized carbons (Fsp3) is 0.188. The van der Waals surface area contributed by atoms with Gasteiger partial charge in [0.15, 0.2) is 0 Å². The van der Waals surface area contributed by atoms with E-state index in [0.717, 1.165) is 10.8 Å². The number of hydrogen-bond acceptors (Lipinski definition) is 3. The van der Waals surface area contributed by atoms with Crippen molar-refractivity contribution in [3.8, 4) is 0 Å². The number of esters is 1. The molecular weight excluding hydrogens is 367 g/mol. The van der Waals surface area contributed by atoms with Crippen molar-refractivity contribution in [2.75, 3.05) is 6.61 Å². The van der Waals surface area contributed by atoms with Gasteiger partial charge in [-0.15, -0.1) is 0 Å². The first-order valence-corrected chi connectivity index (χ1v) is 7.56. The van der Waals surface area contributed by atoms with Gasteiger partial charge in [-0.25, -0.2) is 4.79 Å². The Morgan fingerprint density at radius 3 is 2.65 bits per heavy atom. The highest BCUT2D eigenvalue weighted by Crippen LogP contribution is 2.26. The predicted octanol–water partition coefficient (Wildman–Crippen LogP) is 3.76. The lowest BCUT2D eigenvalue weighted by molar-refractivity contribution is -0.139. The van der Waals surface area contributed by atoms with Gasteiger partial charge in [0, 0.05) is 0 Å². The average molecular weight is 382 g/mol. The quantitative estimate of drug-likeness (QED) is 0.498. The van der Waals surface area contributed by atoms with Crippen molar-refractivity contribution in [2.24, 2.45) is 0 Å². The molecule has 104 valence electrons. The fourth-order valence-corrected chi connectivity index (χ4v) is 2.58. The summed E-state index contributed by atoms with van der Waals surface area (Å²) in [4.78, 5) is 11.8. The number of carbonyl (C=O) groups excluding carboxylic acids is 1. The van der Waals surface area contributed by atoms with Gasteiger partial charge in [-0.1, -0.05) is 59.0 Å². The zero-order valence-corrected chi connectivity index (χ0v) is 13.2. The number of ether oxygens (including phenoxy) is 1. The zero-order chi connectivity index (χ0) is 14.5. The van der Waals surface area contributed by atoms with E-state index in [2.05, 4.69) is 0 Å². The number of benzene rings is 2. The minimum absolute atomic E-state index is 0.253. The summed E-state index contributed by atoms with van der Waals surface area (Å²) < 4.78 is 6.52. The molecule has 0 amide bonds. The van der Waals surface area contributed by atoms with E-state index in [1.54, 1.807) is 11.0 Å². The first-order chi connectivity index (χ1) is 9.67. The van der Waals surface area contributed by atoms with Gasteiger partial charge in [0.05, 0.1) is 12.2 Å². The van der Waals surface area contributed by atoms with Crippen LogP contribution in [-0.2, 0) is 9.53 Å². The molecule has 0 unspecified atom stereocenters. The van der Waals surface area contributed by atoms with Crippen LogP contribution in [0.3, 0.4) is 0 Å². The largest absolute Gasteiger partial charge is 0.463 e. The molecule has 0 heterocycles. The van der Waals surface area contributed by atoms with Gasteiger partial charge in [0.1, 0.15) is 6.10 Å². The molecule has 20 heavy (non-hydrogen) atoms. The van der Waals surface area contributed by atoms with E-state index in [9.17, 15) is 9.90 Å². The highest BCUT2D eigenvalue weighted by atomic mass is 127. The molecule has 0 spiro atoms. The Morgan fingerprint density at radius 1 is 1.30 bits per heavy atom. The number of hydrogen-bond donors (Lipinski definition) is 1. The molecule has 0 radical (unpaired) electrons. The summed E-state index contributed by atoms with van der Waals surface area (Å²) in [5.41, 5.74) is 0.933. The summed E-state index contributed by atoms with van der Waals surface area (Å²) in [6.07, 6.45) is -0.976. The summed E-state index contributed by atoms with van der Waals surface area (Å²) in [6, 6.07) is 13.5. The topological polar surface area (TPSA) is 46.5 Å². The van der Waals surface area contributed by atoms with Crippen LogP contribution >= 0.6 is 22.6 Å². The summed E-state index contributed by atoms with van der Waals surface area (Å²) >= 11 is 1.94. The lowest BCUT2D eigenvalue weighted by atomic mass is 9.99. The molecule has 0 bridgehead atoms. The molecule has 2 aromatic carbocycles. The molecule has 3 nitrogen and oxygen atoms in total. The molecule has 0 saturated heterocycles. The molecular formula is C16H15IO3. The standard InChI is InChI=1S/C16H15IO3/c1-2-20-16(19)14(10-17)15(18)13-8-7-11-5-3-4-6-12(11)9-13/h3-10,15,18H,2H2,1H3/b14-10-/t15-/m1/s1. The number of aliphatic hydroxyl groups is 1. The highest BCUT2D eigenvalue weighted by molar-refractivity contribution is 14.1. The minimum Gasteiger partial charge on any atom is -0.463 e. The van der Waals surface area contributed by atoms with Gasteiger partial charge in [-0.05, 0) is 33.4 Å². The molecule has 0 fully saturated rings. The van der Waals surface area contributed by atoms with Crippen molar-refractivity contribution >= 4 is 39.3 Å². The lowest BCUT2D eigenvalue weighted by Gasteiger charge is -2.14. The Kier molecular flexibility index (Phi) is 5.14. The van der Waals surface area contributed by atoms with Crippen LogP contribution in [-0.4, -0.2) is 17.7 Å². The van der Waals surface area contributed by atoms with Gasteiger partial charge in [0.2, 0.25) is 0 Å². The Morgan fingerprint density at radius 2 is 2.00 bits per heavy atom. The number of carbonyl (C=O) groups is 1. The van der Waals surface area contributed by atoms with Crippen molar-refractivity contribution in [1.82, 2.24) is 0 Å². The van der Waals surface area contributed by atoms with E-state index in [0.29, 0.717) is 5.56 Å². The molecule has 4 heteroatoms. The average Bonchev–Trinajstić information content (AvgIpc) is 2.47. The third-order valence-electron chi connectivity index (χ3n) is 3.01. The third-order valence-corrected chi connectivity index (χ3v) is 3.68. The minimum atomic E-state index is -0.976. The van der Waals surface area contributed by atoms with E-state index in [4.69, 9.17) is 4.74 Å². The molecule has 0 saturated carbocycles. The first kappa shape index (κ1) is 15.0. The fourth-order valence-electron chi connectivity index (χ4n) is 1.99. The van der Waals surface area contributed by atoms with Crippen molar-refractivity contribution in [1.29, 1.82) is 0 Å². The number of rotatable bonds is 4. The van der Waals surface area contributed by atoms with Crippen LogP contribution in [0.2, 0.25) is 0 Å². The van der Waals surface area contributed by atoms with E-state index in [1.165, 1.54) is 0 Å². The molecule has 1 N–H and O–H groups in total. The van der Waals surface area contributed by atoms with Gasteiger partial charge in [0.25, 0.3) is 0 Å².